The molecule has 0 saturated heterocycles. The van der Waals surface area contributed by atoms with Crippen LogP contribution in [0.2, 0.25) is 0 Å². The largest absolute Gasteiger partial charge is 0.466 e. The molecule has 0 spiro atoms. The Kier molecular flexibility index (Phi) is 5.78. The van der Waals surface area contributed by atoms with Crippen LogP contribution < -0.4 is 0 Å². The number of aliphatic hydroxyl groups excluding tert-OH is 1. The third kappa shape index (κ3) is 3.53. The second kappa shape index (κ2) is 7.11. The molecule has 1 aromatic heterocycles. The standard InChI is InChI=1S/C14H21NO3/c1-4-6-11(14(17)18-5-2)13(16)12-9-15-8-7-10(12)3/h7-9,11,13,16H,4-6H2,1-3H3. The van der Waals surface area contributed by atoms with E-state index in [-0.39, 0.29) is 5.97 Å². The molecule has 0 aromatic carbocycles. The smallest absolute Gasteiger partial charge is 0.311 e. The second-order valence-corrected chi connectivity index (χ2v) is 4.32. The van der Waals surface area contributed by atoms with E-state index in [1.807, 2.05) is 19.9 Å². The van der Waals surface area contributed by atoms with Gasteiger partial charge in [0.15, 0.2) is 0 Å². The number of hydrogen-bond donors (Lipinski definition) is 1. The monoisotopic (exact) mass is 251 g/mol. The van der Waals surface area contributed by atoms with Gasteiger partial charge in [-0.05, 0) is 31.9 Å². The van der Waals surface area contributed by atoms with Gasteiger partial charge in [-0.2, -0.15) is 0 Å². The second-order valence-electron chi connectivity index (χ2n) is 4.32. The van der Waals surface area contributed by atoms with Crippen molar-refractivity contribution in [2.45, 2.75) is 39.7 Å². The summed E-state index contributed by atoms with van der Waals surface area (Å²) in [5.41, 5.74) is 1.63. The molecule has 0 fully saturated rings. The van der Waals surface area contributed by atoms with Crippen LogP contribution in [0, 0.1) is 12.8 Å². The Morgan fingerprint density at radius 3 is 2.78 bits per heavy atom. The Bertz CT molecular complexity index is 392. The number of carbonyl (C=O) groups excluding carboxylic acids is 1. The summed E-state index contributed by atoms with van der Waals surface area (Å²) in [4.78, 5) is 15.9. The van der Waals surface area contributed by atoms with E-state index in [0.29, 0.717) is 18.6 Å². The molecule has 1 rings (SSSR count). The van der Waals surface area contributed by atoms with Crippen LogP contribution >= 0.6 is 0 Å². The van der Waals surface area contributed by atoms with E-state index in [2.05, 4.69) is 4.98 Å². The fourth-order valence-corrected chi connectivity index (χ4v) is 1.97. The summed E-state index contributed by atoms with van der Waals surface area (Å²) >= 11 is 0. The Labute approximate surface area is 108 Å². The number of rotatable bonds is 6. The van der Waals surface area contributed by atoms with Crippen molar-refractivity contribution in [2.24, 2.45) is 5.92 Å². The fraction of sp³-hybridized carbons (Fsp3) is 0.571. The highest BCUT2D eigenvalue weighted by Crippen LogP contribution is 2.28. The maximum atomic E-state index is 11.9. The molecule has 0 aliphatic rings. The lowest BCUT2D eigenvalue weighted by Crippen LogP contribution is -2.25. The molecule has 18 heavy (non-hydrogen) atoms. The minimum Gasteiger partial charge on any atom is -0.466 e. The predicted octanol–water partition coefficient (Wildman–Crippen LogP) is 2.40. The van der Waals surface area contributed by atoms with Crippen LogP contribution in [-0.2, 0) is 9.53 Å². The van der Waals surface area contributed by atoms with E-state index < -0.39 is 12.0 Å². The van der Waals surface area contributed by atoms with Gasteiger partial charge in [0, 0.05) is 18.0 Å². The third-order valence-electron chi connectivity index (χ3n) is 2.97. The highest BCUT2D eigenvalue weighted by molar-refractivity contribution is 5.73. The summed E-state index contributed by atoms with van der Waals surface area (Å²) in [6, 6.07) is 1.83. The van der Waals surface area contributed by atoms with Gasteiger partial charge in [0.2, 0.25) is 0 Å². The lowest BCUT2D eigenvalue weighted by Gasteiger charge is -2.22. The van der Waals surface area contributed by atoms with Crippen molar-refractivity contribution in [1.82, 2.24) is 4.98 Å². The summed E-state index contributed by atoms with van der Waals surface area (Å²) in [5.74, 6) is -0.854. The predicted molar refractivity (Wildman–Crippen MR) is 69.0 cm³/mol. The summed E-state index contributed by atoms with van der Waals surface area (Å²) in [5, 5.41) is 10.3. The number of nitrogens with zero attached hydrogens (tertiary/aromatic N) is 1. The van der Waals surface area contributed by atoms with Gasteiger partial charge < -0.3 is 9.84 Å². The number of pyridine rings is 1. The van der Waals surface area contributed by atoms with Gasteiger partial charge in [-0.3, -0.25) is 9.78 Å². The van der Waals surface area contributed by atoms with E-state index in [9.17, 15) is 9.90 Å². The molecule has 1 aromatic rings. The minimum atomic E-state index is -0.849. The zero-order valence-corrected chi connectivity index (χ0v) is 11.2. The number of aliphatic hydroxyl groups is 1. The van der Waals surface area contributed by atoms with E-state index in [0.717, 1.165) is 12.0 Å². The SMILES string of the molecule is CCCC(C(=O)OCC)C(O)c1cnccc1C. The van der Waals surface area contributed by atoms with Gasteiger partial charge in [0.25, 0.3) is 0 Å². The number of hydrogen-bond acceptors (Lipinski definition) is 4. The molecule has 0 aliphatic carbocycles. The average molecular weight is 251 g/mol. The first-order valence-electron chi connectivity index (χ1n) is 6.37. The molecule has 0 radical (unpaired) electrons. The summed E-state index contributed by atoms with van der Waals surface area (Å²) < 4.78 is 5.02. The van der Waals surface area contributed by atoms with Crippen molar-refractivity contribution in [3.05, 3.63) is 29.6 Å². The number of ether oxygens (including phenoxy) is 1. The van der Waals surface area contributed by atoms with Crippen LogP contribution in [0.4, 0.5) is 0 Å². The van der Waals surface area contributed by atoms with Gasteiger partial charge in [-0.1, -0.05) is 13.3 Å². The molecular formula is C14H21NO3. The zero-order chi connectivity index (χ0) is 13.5. The molecule has 2 unspecified atom stereocenters. The quantitative estimate of drug-likeness (QED) is 0.789. The van der Waals surface area contributed by atoms with Gasteiger partial charge in [0.05, 0.1) is 18.6 Å². The maximum absolute atomic E-state index is 11.9. The summed E-state index contributed by atoms with van der Waals surface area (Å²) in [6.07, 6.45) is 3.86. The third-order valence-corrected chi connectivity index (χ3v) is 2.97. The zero-order valence-electron chi connectivity index (χ0n) is 11.2. The van der Waals surface area contributed by atoms with Crippen LogP contribution in [0.3, 0.4) is 0 Å². The molecule has 2 atom stereocenters. The van der Waals surface area contributed by atoms with Gasteiger partial charge in [-0.15, -0.1) is 0 Å². The van der Waals surface area contributed by atoms with Gasteiger partial charge in [0.1, 0.15) is 0 Å². The number of esters is 1. The fourth-order valence-electron chi connectivity index (χ4n) is 1.97. The number of aryl methyl sites for hydroxylation is 1. The average Bonchev–Trinajstić information content (AvgIpc) is 2.36. The van der Waals surface area contributed by atoms with Crippen molar-refractivity contribution < 1.29 is 14.6 Å². The number of carbonyl (C=O) groups is 1. The molecule has 0 aliphatic heterocycles. The van der Waals surface area contributed by atoms with E-state index in [4.69, 9.17) is 4.74 Å². The lowest BCUT2D eigenvalue weighted by molar-refractivity contribution is -0.152. The Morgan fingerprint density at radius 1 is 1.50 bits per heavy atom. The van der Waals surface area contributed by atoms with Crippen molar-refractivity contribution in [3.63, 3.8) is 0 Å². The molecule has 1 N–H and O–H groups in total. The first-order chi connectivity index (χ1) is 8.61. The van der Waals surface area contributed by atoms with Crippen LogP contribution in [0.15, 0.2) is 18.5 Å². The van der Waals surface area contributed by atoms with Crippen LogP contribution in [0.1, 0.15) is 43.9 Å². The van der Waals surface area contributed by atoms with E-state index >= 15 is 0 Å². The molecular weight excluding hydrogens is 230 g/mol. The molecule has 1 heterocycles. The van der Waals surface area contributed by atoms with E-state index in [1.165, 1.54) is 0 Å². The van der Waals surface area contributed by atoms with Gasteiger partial charge >= 0.3 is 5.97 Å². The maximum Gasteiger partial charge on any atom is 0.311 e. The van der Waals surface area contributed by atoms with Crippen molar-refractivity contribution in [2.75, 3.05) is 6.61 Å². The normalized spacial score (nSPS) is 14.0. The topological polar surface area (TPSA) is 59.4 Å². The minimum absolute atomic E-state index is 0.331. The lowest BCUT2D eigenvalue weighted by atomic mass is 9.91. The van der Waals surface area contributed by atoms with Crippen LogP contribution in [0.25, 0.3) is 0 Å². The van der Waals surface area contributed by atoms with Crippen LogP contribution in [-0.4, -0.2) is 22.7 Å². The Balaban J connectivity index is 2.92. The van der Waals surface area contributed by atoms with E-state index in [1.54, 1.807) is 19.3 Å². The summed E-state index contributed by atoms with van der Waals surface area (Å²) in [7, 11) is 0. The van der Waals surface area contributed by atoms with Crippen LogP contribution in [0.5, 0.6) is 0 Å². The summed E-state index contributed by atoms with van der Waals surface area (Å²) in [6.45, 7) is 5.98. The highest BCUT2D eigenvalue weighted by Gasteiger charge is 2.29. The highest BCUT2D eigenvalue weighted by atomic mass is 16.5. The number of aromatic nitrogens is 1. The van der Waals surface area contributed by atoms with Crippen molar-refractivity contribution in [3.8, 4) is 0 Å². The molecule has 4 nitrogen and oxygen atoms in total. The van der Waals surface area contributed by atoms with Crippen molar-refractivity contribution in [1.29, 1.82) is 0 Å². The Morgan fingerprint density at radius 2 is 2.22 bits per heavy atom. The molecule has 100 valence electrons. The first-order valence-corrected chi connectivity index (χ1v) is 6.37. The molecule has 0 amide bonds. The molecule has 0 bridgehead atoms. The van der Waals surface area contributed by atoms with Crippen molar-refractivity contribution >= 4 is 5.97 Å². The molecule has 4 heteroatoms. The van der Waals surface area contributed by atoms with Gasteiger partial charge in [-0.25, -0.2) is 0 Å². The molecule has 0 saturated carbocycles. The Hall–Kier alpha value is -1.42. The first kappa shape index (κ1) is 14.6.